The largest absolute Gasteiger partial charge is 0.367 e. The van der Waals surface area contributed by atoms with Crippen molar-refractivity contribution < 1.29 is 9.53 Å². The standard InChI is InChI=1S/C18H23N5O3/c1-13-8-16(24)21-18(20-13)15-11-23(6-7-26-15)17(25)12-22(2)10-14-4-3-5-19-9-14/h3-5,8-9,15H,6-7,10-12H2,1-2H3,(H,20,21,24)/t15-/m1/s1. The Balaban J connectivity index is 1.60. The Morgan fingerprint density at radius 1 is 1.50 bits per heavy atom. The summed E-state index contributed by atoms with van der Waals surface area (Å²) in [4.78, 5) is 39.1. The van der Waals surface area contributed by atoms with Gasteiger partial charge in [0.25, 0.3) is 5.56 Å². The molecule has 1 aliphatic heterocycles. The van der Waals surface area contributed by atoms with Crippen molar-refractivity contribution in [2.45, 2.75) is 19.6 Å². The van der Waals surface area contributed by atoms with Gasteiger partial charge in [0.05, 0.1) is 19.7 Å². The van der Waals surface area contributed by atoms with Crippen LogP contribution in [0.15, 0.2) is 35.4 Å². The van der Waals surface area contributed by atoms with Crippen LogP contribution in [0.1, 0.15) is 23.2 Å². The fraction of sp³-hybridized carbons (Fsp3) is 0.444. The number of amides is 1. The Bertz CT molecular complexity index is 808. The molecule has 2 aromatic heterocycles. The van der Waals surface area contributed by atoms with Gasteiger partial charge in [-0.05, 0) is 25.6 Å². The van der Waals surface area contributed by atoms with Crippen molar-refractivity contribution in [2.24, 2.45) is 0 Å². The normalized spacial score (nSPS) is 17.5. The minimum atomic E-state index is -0.413. The number of rotatable bonds is 5. The highest BCUT2D eigenvalue weighted by Crippen LogP contribution is 2.18. The van der Waals surface area contributed by atoms with Crippen LogP contribution >= 0.6 is 0 Å². The maximum atomic E-state index is 12.6. The molecule has 1 fully saturated rings. The number of pyridine rings is 1. The number of nitrogens with zero attached hydrogens (tertiary/aromatic N) is 4. The molecule has 1 amide bonds. The number of ether oxygens (including phenoxy) is 1. The van der Waals surface area contributed by atoms with E-state index in [4.69, 9.17) is 4.74 Å². The molecular weight excluding hydrogens is 334 g/mol. The third-order valence-electron chi connectivity index (χ3n) is 4.19. The van der Waals surface area contributed by atoms with Crippen LogP contribution in [0.2, 0.25) is 0 Å². The van der Waals surface area contributed by atoms with Gasteiger partial charge in [-0.1, -0.05) is 6.07 Å². The molecule has 8 nitrogen and oxygen atoms in total. The van der Waals surface area contributed by atoms with Gasteiger partial charge in [-0.15, -0.1) is 0 Å². The molecule has 1 atom stereocenters. The van der Waals surface area contributed by atoms with E-state index in [0.717, 1.165) is 5.56 Å². The fourth-order valence-corrected chi connectivity index (χ4v) is 2.99. The molecule has 0 bridgehead atoms. The maximum Gasteiger partial charge on any atom is 0.251 e. The summed E-state index contributed by atoms with van der Waals surface area (Å²) in [5.74, 6) is 0.496. The molecule has 2 aromatic rings. The van der Waals surface area contributed by atoms with Gasteiger partial charge >= 0.3 is 0 Å². The van der Waals surface area contributed by atoms with Crippen LogP contribution in [-0.4, -0.2) is 63.9 Å². The van der Waals surface area contributed by atoms with Crippen molar-refractivity contribution in [1.82, 2.24) is 24.8 Å². The predicted octanol–water partition coefficient (Wildman–Crippen LogP) is 0.505. The number of H-pyrrole nitrogens is 1. The Morgan fingerprint density at radius 3 is 3.08 bits per heavy atom. The van der Waals surface area contributed by atoms with Crippen molar-refractivity contribution in [3.05, 3.63) is 58.0 Å². The zero-order valence-electron chi connectivity index (χ0n) is 15.0. The quantitative estimate of drug-likeness (QED) is 0.838. The molecule has 0 unspecified atom stereocenters. The Kier molecular flexibility index (Phi) is 5.75. The summed E-state index contributed by atoms with van der Waals surface area (Å²) < 4.78 is 5.71. The van der Waals surface area contributed by atoms with Crippen LogP contribution in [0.4, 0.5) is 0 Å². The van der Waals surface area contributed by atoms with Crippen molar-refractivity contribution in [3.8, 4) is 0 Å². The van der Waals surface area contributed by atoms with Gasteiger partial charge in [-0.2, -0.15) is 0 Å². The zero-order valence-corrected chi connectivity index (χ0v) is 15.0. The van der Waals surface area contributed by atoms with E-state index in [2.05, 4.69) is 15.0 Å². The number of likely N-dealkylation sites (N-methyl/N-ethyl adjacent to an activating group) is 1. The SMILES string of the molecule is Cc1cc(=O)[nH]c([C@H]2CN(C(=O)CN(C)Cc3cccnc3)CCO2)n1. The van der Waals surface area contributed by atoms with E-state index >= 15 is 0 Å². The van der Waals surface area contributed by atoms with Crippen molar-refractivity contribution in [2.75, 3.05) is 33.3 Å². The first-order valence-corrected chi connectivity index (χ1v) is 8.56. The van der Waals surface area contributed by atoms with Gasteiger partial charge in [0.15, 0.2) is 0 Å². The number of aromatic amines is 1. The summed E-state index contributed by atoms with van der Waals surface area (Å²) in [7, 11) is 1.91. The molecule has 3 heterocycles. The fourth-order valence-electron chi connectivity index (χ4n) is 2.99. The second-order valence-corrected chi connectivity index (χ2v) is 6.50. The number of morpholine rings is 1. The average molecular weight is 357 g/mol. The van der Waals surface area contributed by atoms with Gasteiger partial charge in [0.2, 0.25) is 5.91 Å². The lowest BCUT2D eigenvalue weighted by molar-refractivity contribution is -0.140. The molecule has 0 radical (unpaired) electrons. The molecule has 1 saturated heterocycles. The Labute approximate surface area is 151 Å². The van der Waals surface area contributed by atoms with Gasteiger partial charge in [-0.3, -0.25) is 19.5 Å². The van der Waals surface area contributed by atoms with E-state index < -0.39 is 6.10 Å². The molecule has 0 saturated carbocycles. The van der Waals surface area contributed by atoms with E-state index in [1.807, 2.05) is 24.1 Å². The molecule has 0 aliphatic carbocycles. The zero-order chi connectivity index (χ0) is 18.5. The van der Waals surface area contributed by atoms with Crippen LogP contribution < -0.4 is 5.56 Å². The summed E-state index contributed by atoms with van der Waals surface area (Å²) in [5.41, 5.74) is 1.48. The first kappa shape index (κ1) is 18.2. The van der Waals surface area contributed by atoms with E-state index in [-0.39, 0.29) is 11.5 Å². The van der Waals surface area contributed by atoms with E-state index in [1.165, 1.54) is 6.07 Å². The number of aromatic nitrogens is 3. The number of aryl methyl sites for hydroxylation is 1. The molecule has 138 valence electrons. The summed E-state index contributed by atoms with van der Waals surface area (Å²) in [5, 5.41) is 0. The lowest BCUT2D eigenvalue weighted by Gasteiger charge is -2.33. The molecule has 1 aliphatic rings. The molecule has 1 N–H and O–H groups in total. The first-order chi connectivity index (χ1) is 12.5. The van der Waals surface area contributed by atoms with Crippen molar-refractivity contribution in [3.63, 3.8) is 0 Å². The van der Waals surface area contributed by atoms with E-state index in [1.54, 1.807) is 24.2 Å². The highest BCUT2D eigenvalue weighted by atomic mass is 16.5. The van der Waals surface area contributed by atoms with Crippen LogP contribution in [0.5, 0.6) is 0 Å². The van der Waals surface area contributed by atoms with Gasteiger partial charge < -0.3 is 14.6 Å². The van der Waals surface area contributed by atoms with Crippen LogP contribution in [0.25, 0.3) is 0 Å². The number of carbonyl (C=O) groups excluding carboxylic acids is 1. The minimum Gasteiger partial charge on any atom is -0.367 e. The molecule has 8 heteroatoms. The van der Waals surface area contributed by atoms with Crippen LogP contribution in [0, 0.1) is 6.92 Å². The van der Waals surface area contributed by atoms with Gasteiger partial charge in [-0.25, -0.2) is 4.98 Å². The molecule has 0 aromatic carbocycles. The highest BCUT2D eigenvalue weighted by Gasteiger charge is 2.27. The second-order valence-electron chi connectivity index (χ2n) is 6.50. The Morgan fingerprint density at radius 2 is 2.35 bits per heavy atom. The maximum absolute atomic E-state index is 12.6. The number of carbonyl (C=O) groups is 1. The van der Waals surface area contributed by atoms with Crippen molar-refractivity contribution >= 4 is 5.91 Å². The molecular formula is C18H23N5O3. The Hall–Kier alpha value is -2.58. The van der Waals surface area contributed by atoms with Gasteiger partial charge in [0.1, 0.15) is 11.9 Å². The van der Waals surface area contributed by atoms with Crippen LogP contribution in [-0.2, 0) is 16.1 Å². The monoisotopic (exact) mass is 357 g/mol. The highest BCUT2D eigenvalue weighted by molar-refractivity contribution is 5.78. The second kappa shape index (κ2) is 8.20. The van der Waals surface area contributed by atoms with E-state index in [9.17, 15) is 9.59 Å². The molecule has 0 spiro atoms. The smallest absolute Gasteiger partial charge is 0.251 e. The summed E-state index contributed by atoms with van der Waals surface area (Å²) in [6, 6.07) is 5.30. The summed E-state index contributed by atoms with van der Waals surface area (Å²) in [6.07, 6.45) is 3.11. The first-order valence-electron chi connectivity index (χ1n) is 8.56. The van der Waals surface area contributed by atoms with Crippen LogP contribution in [0.3, 0.4) is 0 Å². The third kappa shape index (κ3) is 4.74. The number of hydrogen-bond acceptors (Lipinski definition) is 6. The minimum absolute atomic E-state index is 0.0275. The number of hydrogen-bond donors (Lipinski definition) is 1. The third-order valence-corrected chi connectivity index (χ3v) is 4.19. The predicted molar refractivity (Wildman–Crippen MR) is 95.4 cm³/mol. The summed E-state index contributed by atoms with van der Waals surface area (Å²) >= 11 is 0. The lowest BCUT2D eigenvalue weighted by atomic mass is 10.2. The summed E-state index contributed by atoms with van der Waals surface area (Å²) in [6.45, 7) is 4.05. The van der Waals surface area contributed by atoms with Crippen molar-refractivity contribution in [1.29, 1.82) is 0 Å². The molecule has 26 heavy (non-hydrogen) atoms. The van der Waals surface area contributed by atoms with E-state index in [0.29, 0.717) is 44.3 Å². The van der Waals surface area contributed by atoms with Gasteiger partial charge in [0, 0.05) is 37.2 Å². The topological polar surface area (TPSA) is 91.4 Å². The number of nitrogens with one attached hydrogen (secondary N) is 1. The average Bonchev–Trinajstić information content (AvgIpc) is 2.61. The molecule has 3 rings (SSSR count). The lowest BCUT2D eigenvalue weighted by Crippen LogP contribution is -2.46.